The van der Waals surface area contributed by atoms with Gasteiger partial charge in [0.25, 0.3) is 0 Å². The Morgan fingerprint density at radius 2 is 1.48 bits per heavy atom. The molecule has 10 nitrogen and oxygen atoms in total. The summed E-state index contributed by atoms with van der Waals surface area (Å²) >= 11 is 0. The molecule has 0 fully saturated rings. The molecule has 0 saturated carbocycles. The highest BCUT2D eigenvalue weighted by Gasteiger charge is 2.25. The van der Waals surface area contributed by atoms with Crippen LogP contribution in [0.4, 0.5) is 0 Å². The number of ether oxygens (including phenoxy) is 5. The van der Waals surface area contributed by atoms with E-state index >= 15 is 0 Å². The Bertz CT molecular complexity index is 1650. The molecule has 0 aliphatic carbocycles. The quantitative estimate of drug-likeness (QED) is 0.172. The Kier molecular flexibility index (Phi) is 9.43. The predicted octanol–water partition coefficient (Wildman–Crippen LogP) is 5.21. The first-order chi connectivity index (χ1) is 20.1. The molecule has 1 N–H and O–H groups in total. The van der Waals surface area contributed by atoms with E-state index in [2.05, 4.69) is 0 Å². The van der Waals surface area contributed by atoms with Crippen LogP contribution < -0.4 is 23.1 Å². The molecule has 0 atom stereocenters. The van der Waals surface area contributed by atoms with Gasteiger partial charge in [-0.3, -0.25) is 0 Å². The van der Waals surface area contributed by atoms with Crippen molar-refractivity contribution in [3.8, 4) is 56.8 Å². The highest BCUT2D eigenvalue weighted by atomic mass is 32.2. The number of hydrogen-bond donors (Lipinski definition) is 1. The number of benzene rings is 4. The number of hydrogen-bond acceptors (Lipinski definition) is 10. The van der Waals surface area contributed by atoms with Gasteiger partial charge in [-0.25, -0.2) is 4.79 Å². The lowest BCUT2D eigenvalue weighted by atomic mass is 9.96. The Morgan fingerprint density at radius 1 is 0.786 bits per heavy atom. The summed E-state index contributed by atoms with van der Waals surface area (Å²) in [4.78, 5) is 12.0. The van der Waals surface area contributed by atoms with Crippen molar-refractivity contribution >= 4 is 16.1 Å². The van der Waals surface area contributed by atoms with Crippen LogP contribution in [0, 0.1) is 0 Å². The molecule has 11 heteroatoms. The summed E-state index contributed by atoms with van der Waals surface area (Å²) in [7, 11) is 0.457. The molecule has 42 heavy (non-hydrogen) atoms. The first-order valence-electron chi connectivity index (χ1n) is 12.6. The lowest BCUT2D eigenvalue weighted by Crippen LogP contribution is -2.14. The van der Waals surface area contributed by atoms with Gasteiger partial charge in [0.1, 0.15) is 18.1 Å². The lowest BCUT2D eigenvalue weighted by molar-refractivity contribution is -0.142. The molecule has 0 aliphatic heterocycles. The summed E-state index contributed by atoms with van der Waals surface area (Å²) in [6, 6.07) is 22.4. The average molecular weight is 595 g/mol. The zero-order valence-corrected chi connectivity index (χ0v) is 24.3. The first-order valence-corrected chi connectivity index (χ1v) is 14.4. The lowest BCUT2D eigenvalue weighted by Gasteiger charge is -2.21. The van der Waals surface area contributed by atoms with Gasteiger partial charge in [-0.2, -0.15) is 8.42 Å². The number of aromatic hydroxyl groups is 1. The van der Waals surface area contributed by atoms with Gasteiger partial charge in [-0.1, -0.05) is 48.5 Å². The maximum Gasteiger partial charge on any atom is 0.343 e. The van der Waals surface area contributed by atoms with Gasteiger partial charge in [-0.15, -0.1) is 0 Å². The molecular formula is C31H30O10S. The van der Waals surface area contributed by atoms with E-state index in [0.717, 1.165) is 11.8 Å². The maximum absolute atomic E-state index is 12.0. The molecule has 0 radical (unpaired) electrons. The van der Waals surface area contributed by atoms with Gasteiger partial charge in [0, 0.05) is 5.56 Å². The van der Waals surface area contributed by atoms with Gasteiger partial charge in [-0.05, 0) is 47.0 Å². The van der Waals surface area contributed by atoms with E-state index in [9.17, 15) is 18.3 Å². The Hall–Kier alpha value is -4.90. The highest BCUT2D eigenvalue weighted by Crippen LogP contribution is 2.51. The van der Waals surface area contributed by atoms with Crippen LogP contribution in [0.2, 0.25) is 0 Å². The number of methoxy groups -OCH3 is 3. The number of phenols is 1. The van der Waals surface area contributed by atoms with Gasteiger partial charge in [0.15, 0.2) is 29.6 Å². The van der Waals surface area contributed by atoms with E-state index in [1.807, 2.05) is 30.3 Å². The number of rotatable bonds is 12. The molecule has 0 saturated heterocycles. The van der Waals surface area contributed by atoms with Crippen molar-refractivity contribution in [1.29, 1.82) is 0 Å². The molecule has 0 aliphatic rings. The maximum atomic E-state index is 12.0. The molecular weight excluding hydrogens is 564 g/mol. The summed E-state index contributed by atoms with van der Waals surface area (Å²) in [5.41, 5.74) is 2.99. The van der Waals surface area contributed by atoms with Crippen LogP contribution in [0.15, 0.2) is 78.9 Å². The van der Waals surface area contributed by atoms with Crippen LogP contribution in [0.3, 0.4) is 0 Å². The van der Waals surface area contributed by atoms with Crippen molar-refractivity contribution in [1.82, 2.24) is 0 Å². The molecule has 0 heterocycles. The Morgan fingerprint density at radius 3 is 2.07 bits per heavy atom. The van der Waals surface area contributed by atoms with Crippen molar-refractivity contribution in [3.05, 3.63) is 84.4 Å². The molecule has 0 amide bonds. The largest absolute Gasteiger partial charge is 0.504 e. The summed E-state index contributed by atoms with van der Waals surface area (Å²) in [6.45, 7) is -0.168. The zero-order valence-electron chi connectivity index (χ0n) is 23.4. The van der Waals surface area contributed by atoms with Gasteiger partial charge in [0.2, 0.25) is 0 Å². The molecule has 220 valence electrons. The predicted molar refractivity (Wildman–Crippen MR) is 156 cm³/mol. The van der Waals surface area contributed by atoms with E-state index in [0.29, 0.717) is 28.0 Å². The fourth-order valence-corrected chi connectivity index (χ4v) is 4.65. The minimum Gasteiger partial charge on any atom is -0.504 e. The molecule has 0 aromatic heterocycles. The first kappa shape index (κ1) is 30.1. The zero-order chi connectivity index (χ0) is 30.3. The fraction of sp³-hybridized carbons (Fsp3) is 0.194. The second-order valence-electron chi connectivity index (χ2n) is 9.00. The average Bonchev–Trinajstić information content (AvgIpc) is 2.98. The Labute approximate surface area is 244 Å². The van der Waals surface area contributed by atoms with E-state index in [4.69, 9.17) is 27.9 Å². The summed E-state index contributed by atoms with van der Waals surface area (Å²) < 4.78 is 56.0. The van der Waals surface area contributed by atoms with Crippen LogP contribution in [0.25, 0.3) is 22.3 Å². The van der Waals surface area contributed by atoms with Crippen molar-refractivity contribution in [2.45, 2.75) is 6.61 Å². The van der Waals surface area contributed by atoms with Crippen LogP contribution in [-0.4, -0.2) is 53.7 Å². The minimum atomic E-state index is -3.70. The van der Waals surface area contributed by atoms with Crippen molar-refractivity contribution in [2.24, 2.45) is 0 Å². The second kappa shape index (κ2) is 13.2. The summed E-state index contributed by atoms with van der Waals surface area (Å²) in [5, 5.41) is 10.8. The SMILES string of the molecule is COC(=O)COc1c(OC)c(-c2ccc(OS(C)(=O)=O)cc2)cc(OC)c1-c1ccc(OCc2ccccc2)c(O)c1. The van der Waals surface area contributed by atoms with Crippen LogP contribution in [0.5, 0.6) is 34.5 Å². The number of carbonyl (C=O) groups excluding carboxylic acids is 1. The van der Waals surface area contributed by atoms with Crippen LogP contribution >= 0.6 is 0 Å². The fourth-order valence-electron chi connectivity index (χ4n) is 4.19. The van der Waals surface area contributed by atoms with Gasteiger partial charge >= 0.3 is 16.1 Å². The molecule has 0 spiro atoms. The van der Waals surface area contributed by atoms with Crippen molar-refractivity contribution in [2.75, 3.05) is 34.2 Å². The van der Waals surface area contributed by atoms with Crippen molar-refractivity contribution in [3.63, 3.8) is 0 Å². The summed E-state index contributed by atoms with van der Waals surface area (Å²) in [5.74, 6) is 0.437. The van der Waals surface area contributed by atoms with Crippen LogP contribution in [-0.2, 0) is 26.3 Å². The monoisotopic (exact) mass is 594 g/mol. The van der Waals surface area contributed by atoms with E-state index in [-0.39, 0.29) is 35.4 Å². The van der Waals surface area contributed by atoms with Gasteiger partial charge in [0.05, 0.1) is 33.1 Å². The number of carbonyl (C=O) groups is 1. The standard InChI is InChI=1S/C31H30O10S/c1-36-27-17-24(21-10-13-23(14-11-21)41-42(4,34)35)30(38-3)31(40-19-28(33)37-2)29(27)22-12-15-26(25(32)16-22)39-18-20-8-6-5-7-9-20/h5-17,32H,18-19H2,1-4H3. The molecule has 4 aromatic carbocycles. The third-order valence-corrected chi connectivity index (χ3v) is 6.58. The van der Waals surface area contributed by atoms with Crippen molar-refractivity contribution < 1.29 is 46.2 Å². The molecule has 4 aromatic rings. The smallest absolute Gasteiger partial charge is 0.343 e. The third-order valence-electron chi connectivity index (χ3n) is 6.08. The highest BCUT2D eigenvalue weighted by molar-refractivity contribution is 7.86. The second-order valence-corrected chi connectivity index (χ2v) is 10.6. The topological polar surface area (TPSA) is 127 Å². The third kappa shape index (κ3) is 7.24. The van der Waals surface area contributed by atoms with E-state index in [1.165, 1.54) is 39.5 Å². The molecule has 0 bridgehead atoms. The van der Waals surface area contributed by atoms with Gasteiger partial charge < -0.3 is 33.0 Å². The van der Waals surface area contributed by atoms with E-state index in [1.54, 1.807) is 30.3 Å². The molecule has 4 rings (SSSR count). The minimum absolute atomic E-state index is 0.117. The number of phenolic OH excluding ortho intramolecular Hbond substituents is 1. The molecule has 0 unspecified atom stereocenters. The van der Waals surface area contributed by atoms with E-state index < -0.39 is 22.7 Å². The van der Waals surface area contributed by atoms with Crippen LogP contribution in [0.1, 0.15) is 5.56 Å². The number of esters is 1. The Balaban J connectivity index is 1.79. The normalized spacial score (nSPS) is 11.0. The summed E-state index contributed by atoms with van der Waals surface area (Å²) in [6.07, 6.45) is 0.957.